The van der Waals surface area contributed by atoms with Gasteiger partial charge in [-0.1, -0.05) is 0 Å². The number of halogens is 1. The van der Waals surface area contributed by atoms with Crippen LogP contribution in [0.5, 0.6) is 5.75 Å². The third-order valence-electron chi connectivity index (χ3n) is 2.55. The number of benzene rings is 1. The fourth-order valence-corrected chi connectivity index (χ4v) is 1.53. The number of nitrogens with zero attached hydrogens (tertiary/aromatic N) is 2. The molecule has 5 nitrogen and oxygen atoms in total. The van der Waals surface area contributed by atoms with Gasteiger partial charge in [0.15, 0.2) is 0 Å². The lowest BCUT2D eigenvalue weighted by Gasteiger charge is -2.06. The van der Waals surface area contributed by atoms with Gasteiger partial charge in [0.1, 0.15) is 11.6 Å². The normalized spacial score (nSPS) is 10.3. The van der Waals surface area contributed by atoms with E-state index >= 15 is 0 Å². The summed E-state index contributed by atoms with van der Waals surface area (Å²) in [4.78, 5) is 11.7. The van der Waals surface area contributed by atoms with E-state index in [1.54, 1.807) is 24.0 Å². The number of nitrogens with one attached hydrogen (secondary N) is 1. The maximum Gasteiger partial charge on any atom is 0.254 e. The van der Waals surface area contributed by atoms with E-state index in [0.29, 0.717) is 0 Å². The SMILES string of the molecule is Cn1nccc1CNC(=O)c1ccc(O)cc1F. The highest BCUT2D eigenvalue weighted by atomic mass is 19.1. The molecule has 94 valence electrons. The van der Waals surface area contributed by atoms with Gasteiger partial charge in [-0.3, -0.25) is 9.48 Å². The van der Waals surface area contributed by atoms with E-state index in [2.05, 4.69) is 10.4 Å². The number of amides is 1. The highest BCUT2D eigenvalue weighted by Crippen LogP contribution is 2.14. The molecule has 0 aliphatic carbocycles. The molecular formula is C12H12FN3O2. The van der Waals surface area contributed by atoms with Gasteiger partial charge >= 0.3 is 0 Å². The molecule has 2 aromatic rings. The van der Waals surface area contributed by atoms with Crippen LogP contribution in [-0.2, 0) is 13.6 Å². The van der Waals surface area contributed by atoms with Crippen molar-refractivity contribution in [2.24, 2.45) is 7.05 Å². The highest BCUT2D eigenvalue weighted by molar-refractivity contribution is 5.94. The average Bonchev–Trinajstić information content (AvgIpc) is 2.72. The van der Waals surface area contributed by atoms with Crippen LogP contribution in [0.2, 0.25) is 0 Å². The van der Waals surface area contributed by atoms with Gasteiger partial charge in [0.2, 0.25) is 0 Å². The predicted molar refractivity (Wildman–Crippen MR) is 62.4 cm³/mol. The van der Waals surface area contributed by atoms with Crippen molar-refractivity contribution < 1.29 is 14.3 Å². The second-order valence-corrected chi connectivity index (χ2v) is 3.79. The maximum atomic E-state index is 13.4. The van der Waals surface area contributed by atoms with Crippen molar-refractivity contribution in [3.8, 4) is 5.75 Å². The van der Waals surface area contributed by atoms with Crippen LogP contribution in [0.15, 0.2) is 30.5 Å². The van der Waals surface area contributed by atoms with Crippen molar-refractivity contribution in [2.75, 3.05) is 0 Å². The van der Waals surface area contributed by atoms with E-state index in [0.717, 1.165) is 11.8 Å². The van der Waals surface area contributed by atoms with Crippen molar-refractivity contribution in [3.05, 3.63) is 47.5 Å². The van der Waals surface area contributed by atoms with E-state index in [1.165, 1.54) is 12.1 Å². The van der Waals surface area contributed by atoms with Crippen LogP contribution in [0.25, 0.3) is 0 Å². The van der Waals surface area contributed by atoms with Crippen LogP contribution >= 0.6 is 0 Å². The molecule has 6 heteroatoms. The molecular weight excluding hydrogens is 237 g/mol. The first-order valence-electron chi connectivity index (χ1n) is 5.31. The van der Waals surface area contributed by atoms with Gasteiger partial charge in [-0.15, -0.1) is 0 Å². The number of carbonyl (C=O) groups is 1. The zero-order chi connectivity index (χ0) is 13.1. The smallest absolute Gasteiger partial charge is 0.254 e. The lowest BCUT2D eigenvalue weighted by atomic mass is 10.2. The van der Waals surface area contributed by atoms with Gasteiger partial charge in [0.05, 0.1) is 17.8 Å². The van der Waals surface area contributed by atoms with Crippen LogP contribution in [-0.4, -0.2) is 20.8 Å². The first kappa shape index (κ1) is 12.1. The molecule has 0 saturated carbocycles. The topological polar surface area (TPSA) is 67.2 Å². The lowest BCUT2D eigenvalue weighted by Crippen LogP contribution is -2.24. The summed E-state index contributed by atoms with van der Waals surface area (Å²) in [5.74, 6) is -1.50. The minimum Gasteiger partial charge on any atom is -0.508 e. The van der Waals surface area contributed by atoms with Gasteiger partial charge in [0, 0.05) is 19.3 Å². The van der Waals surface area contributed by atoms with Crippen molar-refractivity contribution in [1.82, 2.24) is 15.1 Å². The van der Waals surface area contributed by atoms with Crippen LogP contribution < -0.4 is 5.32 Å². The number of aryl methyl sites for hydroxylation is 1. The van der Waals surface area contributed by atoms with Crippen LogP contribution in [0.3, 0.4) is 0 Å². The molecule has 1 heterocycles. The Labute approximate surface area is 103 Å². The lowest BCUT2D eigenvalue weighted by molar-refractivity contribution is 0.0946. The number of carbonyl (C=O) groups excluding carboxylic acids is 1. The molecule has 1 aromatic carbocycles. The fourth-order valence-electron chi connectivity index (χ4n) is 1.53. The van der Waals surface area contributed by atoms with Gasteiger partial charge in [-0.25, -0.2) is 4.39 Å². The van der Waals surface area contributed by atoms with Crippen molar-refractivity contribution >= 4 is 5.91 Å². The molecule has 0 atom stereocenters. The van der Waals surface area contributed by atoms with E-state index in [4.69, 9.17) is 5.11 Å². The zero-order valence-corrected chi connectivity index (χ0v) is 9.72. The quantitative estimate of drug-likeness (QED) is 0.858. The van der Waals surface area contributed by atoms with E-state index in [9.17, 15) is 9.18 Å². The maximum absolute atomic E-state index is 13.4. The molecule has 1 aromatic heterocycles. The monoisotopic (exact) mass is 249 g/mol. The summed E-state index contributed by atoms with van der Waals surface area (Å²) in [6.45, 7) is 0.260. The average molecular weight is 249 g/mol. The molecule has 0 aliphatic heterocycles. The minimum absolute atomic E-state index is 0.102. The van der Waals surface area contributed by atoms with E-state index < -0.39 is 11.7 Å². The Bertz CT molecular complexity index is 580. The predicted octanol–water partition coefficient (Wildman–Crippen LogP) is 1.19. The Morgan fingerprint density at radius 3 is 2.89 bits per heavy atom. The number of aromatic hydroxyl groups is 1. The Kier molecular flexibility index (Phi) is 3.27. The summed E-state index contributed by atoms with van der Waals surface area (Å²) in [5.41, 5.74) is 0.706. The fraction of sp³-hybridized carbons (Fsp3) is 0.167. The molecule has 0 fully saturated rings. The van der Waals surface area contributed by atoms with Gasteiger partial charge in [-0.05, 0) is 18.2 Å². The third kappa shape index (κ3) is 2.48. The van der Waals surface area contributed by atoms with Crippen molar-refractivity contribution in [2.45, 2.75) is 6.54 Å². The molecule has 0 unspecified atom stereocenters. The molecule has 0 spiro atoms. The minimum atomic E-state index is -0.752. The highest BCUT2D eigenvalue weighted by Gasteiger charge is 2.12. The number of hydrogen-bond donors (Lipinski definition) is 2. The molecule has 18 heavy (non-hydrogen) atoms. The summed E-state index contributed by atoms with van der Waals surface area (Å²) in [7, 11) is 1.75. The Hall–Kier alpha value is -2.37. The number of phenols is 1. The van der Waals surface area contributed by atoms with Gasteiger partial charge in [0.25, 0.3) is 5.91 Å². The first-order chi connectivity index (χ1) is 8.58. The van der Waals surface area contributed by atoms with Gasteiger partial charge in [-0.2, -0.15) is 5.10 Å². The molecule has 2 N–H and O–H groups in total. The number of aromatic nitrogens is 2. The molecule has 2 rings (SSSR count). The second kappa shape index (κ2) is 4.87. The summed E-state index contributed by atoms with van der Waals surface area (Å²) in [5, 5.41) is 15.6. The largest absolute Gasteiger partial charge is 0.508 e. The number of phenolic OH excluding ortho intramolecular Hbond substituents is 1. The second-order valence-electron chi connectivity index (χ2n) is 3.79. The summed E-state index contributed by atoms with van der Waals surface area (Å²) in [6, 6.07) is 5.16. The molecule has 0 aliphatic rings. The van der Waals surface area contributed by atoms with Gasteiger partial charge < -0.3 is 10.4 Å². The molecule has 0 radical (unpaired) electrons. The van der Waals surface area contributed by atoms with Crippen LogP contribution in [0.4, 0.5) is 4.39 Å². The summed E-state index contributed by atoms with van der Waals surface area (Å²) in [6.07, 6.45) is 1.61. The summed E-state index contributed by atoms with van der Waals surface area (Å²) < 4.78 is 15.0. The van der Waals surface area contributed by atoms with Crippen molar-refractivity contribution in [3.63, 3.8) is 0 Å². The third-order valence-corrected chi connectivity index (χ3v) is 2.55. The standard InChI is InChI=1S/C12H12FN3O2/c1-16-8(4-5-15-16)7-14-12(18)10-3-2-9(17)6-11(10)13/h2-6,17H,7H2,1H3,(H,14,18). The first-order valence-corrected chi connectivity index (χ1v) is 5.31. The Morgan fingerprint density at radius 2 is 2.28 bits per heavy atom. The molecule has 0 bridgehead atoms. The molecule has 0 saturated heterocycles. The number of rotatable bonds is 3. The zero-order valence-electron chi connectivity index (χ0n) is 9.72. The van der Waals surface area contributed by atoms with Crippen LogP contribution in [0, 0.1) is 5.82 Å². The Morgan fingerprint density at radius 1 is 1.50 bits per heavy atom. The van der Waals surface area contributed by atoms with E-state index in [-0.39, 0.29) is 17.9 Å². The molecule has 1 amide bonds. The summed E-state index contributed by atoms with van der Waals surface area (Å²) >= 11 is 0. The number of hydrogen-bond acceptors (Lipinski definition) is 3. The Balaban J connectivity index is 2.06. The van der Waals surface area contributed by atoms with Crippen molar-refractivity contribution in [1.29, 1.82) is 0 Å². The van der Waals surface area contributed by atoms with E-state index in [1.807, 2.05) is 0 Å². The van der Waals surface area contributed by atoms with Crippen LogP contribution in [0.1, 0.15) is 16.1 Å².